The van der Waals surface area contributed by atoms with Crippen LogP contribution in [0.4, 0.5) is 0 Å². The van der Waals surface area contributed by atoms with Gasteiger partial charge in [-0.25, -0.2) is 0 Å². The third-order valence-electron chi connectivity index (χ3n) is 5.49. The maximum absolute atomic E-state index is 9.28. The van der Waals surface area contributed by atoms with Crippen LogP contribution in [0.2, 0.25) is 0 Å². The Morgan fingerprint density at radius 3 is 2.67 bits per heavy atom. The molecular formula is C18H36IN3O2. The second-order valence-corrected chi connectivity index (χ2v) is 7.28. The summed E-state index contributed by atoms with van der Waals surface area (Å²) in [6, 6.07) is 0. The van der Waals surface area contributed by atoms with E-state index in [1.165, 1.54) is 44.9 Å². The van der Waals surface area contributed by atoms with E-state index in [0.29, 0.717) is 0 Å². The summed E-state index contributed by atoms with van der Waals surface area (Å²) in [6.45, 7) is 3.56. The zero-order valence-corrected chi connectivity index (χ0v) is 17.5. The average molecular weight is 453 g/mol. The quantitative estimate of drug-likeness (QED) is 0.229. The highest BCUT2D eigenvalue weighted by Gasteiger charge is 2.34. The Bertz CT molecular complexity index is 354. The molecule has 2 rings (SSSR count). The molecule has 3 N–H and O–H groups in total. The van der Waals surface area contributed by atoms with E-state index in [0.717, 1.165) is 51.0 Å². The Kier molecular flexibility index (Phi) is 11.3. The van der Waals surface area contributed by atoms with Crippen LogP contribution in [-0.2, 0) is 4.74 Å². The van der Waals surface area contributed by atoms with Crippen molar-refractivity contribution in [2.75, 3.05) is 40.0 Å². The van der Waals surface area contributed by atoms with Crippen LogP contribution in [0.1, 0.15) is 57.8 Å². The van der Waals surface area contributed by atoms with E-state index in [-0.39, 0.29) is 36.0 Å². The van der Waals surface area contributed by atoms with E-state index in [1.54, 1.807) is 0 Å². The van der Waals surface area contributed by atoms with Gasteiger partial charge >= 0.3 is 0 Å². The van der Waals surface area contributed by atoms with Gasteiger partial charge < -0.3 is 20.5 Å². The van der Waals surface area contributed by atoms with Crippen molar-refractivity contribution in [3.63, 3.8) is 0 Å². The van der Waals surface area contributed by atoms with E-state index in [2.05, 4.69) is 15.6 Å². The van der Waals surface area contributed by atoms with Crippen molar-refractivity contribution in [1.82, 2.24) is 10.6 Å². The number of nitrogens with one attached hydrogen (secondary N) is 2. The molecule has 1 atom stereocenters. The fourth-order valence-corrected chi connectivity index (χ4v) is 3.88. The summed E-state index contributed by atoms with van der Waals surface area (Å²) in [4.78, 5) is 4.32. The van der Waals surface area contributed by atoms with Crippen LogP contribution in [0, 0.1) is 11.3 Å². The highest BCUT2D eigenvalue weighted by Crippen LogP contribution is 2.31. The van der Waals surface area contributed by atoms with Gasteiger partial charge in [0.1, 0.15) is 0 Å². The van der Waals surface area contributed by atoms with Crippen molar-refractivity contribution in [2.24, 2.45) is 16.3 Å². The molecule has 24 heavy (non-hydrogen) atoms. The Balaban J connectivity index is 0.00000288. The number of halogens is 1. The molecule has 2 fully saturated rings. The standard InChI is InChI=1S/C18H35N3O2.HI/c1-19-17(20-11-5-8-16-6-3-2-4-7-16)21-14-18(9-12-22)10-13-23-15-18;/h16,22H,2-15H2,1H3,(H2,19,20,21);1H. The van der Waals surface area contributed by atoms with Crippen LogP contribution in [0.3, 0.4) is 0 Å². The normalized spacial score (nSPS) is 25.3. The number of guanidine groups is 1. The molecule has 1 aliphatic heterocycles. The molecule has 1 saturated heterocycles. The van der Waals surface area contributed by atoms with Crippen molar-refractivity contribution in [3.8, 4) is 0 Å². The number of nitrogens with zero attached hydrogens (tertiary/aromatic N) is 1. The summed E-state index contributed by atoms with van der Waals surface area (Å²) < 4.78 is 5.53. The molecule has 0 aromatic carbocycles. The smallest absolute Gasteiger partial charge is 0.190 e. The minimum Gasteiger partial charge on any atom is -0.396 e. The molecule has 1 heterocycles. The number of ether oxygens (including phenoxy) is 1. The van der Waals surface area contributed by atoms with Gasteiger partial charge in [0.05, 0.1) is 6.61 Å². The van der Waals surface area contributed by atoms with Crippen LogP contribution >= 0.6 is 24.0 Å². The van der Waals surface area contributed by atoms with Gasteiger partial charge in [-0.3, -0.25) is 4.99 Å². The highest BCUT2D eigenvalue weighted by molar-refractivity contribution is 14.0. The van der Waals surface area contributed by atoms with E-state index < -0.39 is 0 Å². The lowest BCUT2D eigenvalue weighted by molar-refractivity contribution is 0.127. The topological polar surface area (TPSA) is 65.9 Å². The lowest BCUT2D eigenvalue weighted by atomic mass is 9.84. The van der Waals surface area contributed by atoms with E-state index in [9.17, 15) is 5.11 Å². The number of hydrogen-bond acceptors (Lipinski definition) is 3. The second-order valence-electron chi connectivity index (χ2n) is 7.28. The van der Waals surface area contributed by atoms with Gasteiger partial charge in [0.15, 0.2) is 5.96 Å². The number of rotatable bonds is 8. The Labute approximate surface area is 164 Å². The number of hydrogen-bond donors (Lipinski definition) is 3. The summed E-state index contributed by atoms with van der Waals surface area (Å²) >= 11 is 0. The molecule has 0 spiro atoms. The monoisotopic (exact) mass is 453 g/mol. The van der Waals surface area contributed by atoms with Gasteiger partial charge in [-0.2, -0.15) is 0 Å². The molecule has 5 nitrogen and oxygen atoms in total. The summed E-state index contributed by atoms with van der Waals surface area (Å²) in [5.74, 6) is 1.82. The third-order valence-corrected chi connectivity index (χ3v) is 5.49. The highest BCUT2D eigenvalue weighted by atomic mass is 127. The molecule has 0 aromatic heterocycles. The fourth-order valence-electron chi connectivity index (χ4n) is 3.88. The van der Waals surface area contributed by atoms with Gasteiger partial charge in [-0.05, 0) is 31.6 Å². The van der Waals surface area contributed by atoms with Crippen molar-refractivity contribution >= 4 is 29.9 Å². The van der Waals surface area contributed by atoms with Crippen molar-refractivity contribution in [1.29, 1.82) is 0 Å². The lowest BCUT2D eigenvalue weighted by Gasteiger charge is -2.27. The number of aliphatic hydroxyl groups is 1. The van der Waals surface area contributed by atoms with Crippen molar-refractivity contribution in [3.05, 3.63) is 0 Å². The molecule has 2 aliphatic rings. The number of aliphatic hydroxyl groups excluding tert-OH is 1. The summed E-state index contributed by atoms with van der Waals surface area (Å²) in [5.41, 5.74) is 0.0640. The molecule has 0 radical (unpaired) electrons. The first-order valence-corrected chi connectivity index (χ1v) is 9.41. The van der Waals surface area contributed by atoms with E-state index in [1.807, 2.05) is 7.05 Å². The molecular weight excluding hydrogens is 417 g/mol. The molecule has 1 aliphatic carbocycles. The maximum Gasteiger partial charge on any atom is 0.190 e. The summed E-state index contributed by atoms with van der Waals surface area (Å²) in [7, 11) is 1.82. The molecule has 1 unspecified atom stereocenters. The van der Waals surface area contributed by atoms with Gasteiger partial charge in [0, 0.05) is 38.8 Å². The van der Waals surface area contributed by atoms with Crippen LogP contribution in [-0.4, -0.2) is 51.0 Å². The summed E-state index contributed by atoms with van der Waals surface area (Å²) in [5, 5.41) is 16.1. The van der Waals surface area contributed by atoms with Gasteiger partial charge in [0.25, 0.3) is 0 Å². The first-order valence-electron chi connectivity index (χ1n) is 9.41. The lowest BCUT2D eigenvalue weighted by Crippen LogP contribution is -2.44. The van der Waals surface area contributed by atoms with Gasteiger partial charge in [0.2, 0.25) is 0 Å². The minimum atomic E-state index is 0. The van der Waals surface area contributed by atoms with Crippen LogP contribution in [0.5, 0.6) is 0 Å². The largest absolute Gasteiger partial charge is 0.396 e. The van der Waals surface area contributed by atoms with Crippen LogP contribution in [0.15, 0.2) is 4.99 Å². The minimum absolute atomic E-state index is 0. The Morgan fingerprint density at radius 2 is 2.04 bits per heavy atom. The van der Waals surface area contributed by atoms with Gasteiger partial charge in [-0.15, -0.1) is 24.0 Å². The molecule has 6 heteroatoms. The SMILES string of the molecule is CN=C(NCCCC1CCCCC1)NCC1(CCO)CCOC1.I. The van der Waals surface area contributed by atoms with E-state index in [4.69, 9.17) is 4.74 Å². The van der Waals surface area contributed by atoms with Crippen LogP contribution < -0.4 is 10.6 Å². The molecule has 0 bridgehead atoms. The predicted molar refractivity (Wildman–Crippen MR) is 110 cm³/mol. The van der Waals surface area contributed by atoms with E-state index >= 15 is 0 Å². The third kappa shape index (κ3) is 7.44. The Morgan fingerprint density at radius 1 is 1.25 bits per heavy atom. The summed E-state index contributed by atoms with van der Waals surface area (Å²) in [6.07, 6.45) is 11.5. The molecule has 1 saturated carbocycles. The molecule has 0 amide bonds. The first kappa shape index (κ1) is 22.0. The van der Waals surface area contributed by atoms with Crippen molar-refractivity contribution in [2.45, 2.75) is 57.8 Å². The zero-order chi connectivity index (χ0) is 16.4. The Hall–Kier alpha value is -0.0800. The average Bonchev–Trinajstić information content (AvgIpc) is 3.04. The zero-order valence-electron chi connectivity index (χ0n) is 15.2. The number of aliphatic imine (C=N–C) groups is 1. The van der Waals surface area contributed by atoms with Crippen molar-refractivity contribution < 1.29 is 9.84 Å². The van der Waals surface area contributed by atoms with Crippen LogP contribution in [0.25, 0.3) is 0 Å². The first-order chi connectivity index (χ1) is 11.3. The van der Waals surface area contributed by atoms with Gasteiger partial charge in [-0.1, -0.05) is 32.1 Å². The molecule has 0 aromatic rings. The molecule has 142 valence electrons. The maximum atomic E-state index is 9.28. The fraction of sp³-hybridized carbons (Fsp3) is 0.944. The second kappa shape index (κ2) is 12.3. The predicted octanol–water partition coefficient (Wildman–Crippen LogP) is 2.92.